The summed E-state index contributed by atoms with van der Waals surface area (Å²) in [5.41, 5.74) is 0. The summed E-state index contributed by atoms with van der Waals surface area (Å²) in [7, 11) is 1.25. The molecule has 0 bridgehead atoms. The van der Waals surface area contributed by atoms with E-state index in [9.17, 15) is 19.4 Å². The van der Waals surface area contributed by atoms with Crippen LogP contribution in [0.1, 0.15) is 258 Å². The molecule has 2 N–H and O–H groups in total. The Labute approximate surface area is 397 Å². The van der Waals surface area contributed by atoms with Gasteiger partial charge in [-0.3, -0.25) is 9.36 Å². The van der Waals surface area contributed by atoms with E-state index in [-0.39, 0.29) is 12.5 Å². The predicted molar refractivity (Wildman–Crippen MR) is 275 cm³/mol. The minimum Gasteiger partial charge on any atom is -0.756 e. The fourth-order valence-electron chi connectivity index (χ4n) is 7.99. The fraction of sp³-hybridized carbons (Fsp3) is 0.873. The third-order valence-corrected chi connectivity index (χ3v) is 13.3. The lowest BCUT2D eigenvalue weighted by Crippen LogP contribution is -2.45. The van der Waals surface area contributed by atoms with E-state index < -0.39 is 26.6 Å². The van der Waals surface area contributed by atoms with Gasteiger partial charge >= 0.3 is 0 Å². The monoisotopic (exact) mass is 923 g/mol. The van der Waals surface area contributed by atoms with Crippen LogP contribution in [0, 0.1) is 0 Å². The highest BCUT2D eigenvalue weighted by Gasteiger charge is 2.23. The molecule has 0 aliphatic rings. The number of amides is 1. The van der Waals surface area contributed by atoms with Crippen molar-refractivity contribution in [2.75, 3.05) is 40.9 Å². The minimum atomic E-state index is -4.60. The van der Waals surface area contributed by atoms with Gasteiger partial charge in [0.1, 0.15) is 13.2 Å². The van der Waals surface area contributed by atoms with Gasteiger partial charge in [-0.05, 0) is 57.8 Å². The number of carbonyl (C=O) groups is 1. The number of phosphoric ester groups is 1. The summed E-state index contributed by atoms with van der Waals surface area (Å²) >= 11 is 0. The minimum absolute atomic E-state index is 0.00605. The number of aliphatic hydroxyl groups excluding tert-OH is 1. The first kappa shape index (κ1) is 62.7. The number of allylic oxidation sites excluding steroid dienone is 5. The van der Waals surface area contributed by atoms with Gasteiger partial charge in [-0.2, -0.15) is 0 Å². The van der Waals surface area contributed by atoms with Gasteiger partial charge < -0.3 is 28.8 Å². The number of carbonyl (C=O) groups excluding carboxylic acids is 1. The Morgan fingerprint density at radius 2 is 0.875 bits per heavy atom. The first-order valence-electron chi connectivity index (χ1n) is 27.4. The topological polar surface area (TPSA) is 108 Å². The number of likely N-dealkylation sites (N-methyl/N-ethyl adjacent to an activating group) is 1. The maximum atomic E-state index is 12.9. The van der Waals surface area contributed by atoms with Crippen LogP contribution in [0.15, 0.2) is 36.5 Å². The zero-order chi connectivity index (χ0) is 47.1. The fourth-order valence-corrected chi connectivity index (χ4v) is 8.71. The molecule has 0 saturated heterocycles. The van der Waals surface area contributed by atoms with Gasteiger partial charge in [0.15, 0.2) is 0 Å². The number of aliphatic hydroxyl groups is 1. The molecule has 0 aromatic rings. The van der Waals surface area contributed by atoms with Crippen molar-refractivity contribution < 1.29 is 32.9 Å². The molecule has 0 radical (unpaired) electrons. The van der Waals surface area contributed by atoms with Gasteiger partial charge in [0.2, 0.25) is 5.91 Å². The van der Waals surface area contributed by atoms with Crippen LogP contribution in [-0.2, 0) is 18.4 Å². The summed E-state index contributed by atoms with van der Waals surface area (Å²) in [6.45, 7) is 4.65. The Bertz CT molecular complexity index is 1140. The molecule has 0 saturated carbocycles. The second kappa shape index (κ2) is 46.8. The molecule has 3 atom stereocenters. The molecular formula is C55H107N2O6P. The van der Waals surface area contributed by atoms with E-state index in [1.54, 1.807) is 6.08 Å². The molecule has 8 nitrogen and oxygen atoms in total. The van der Waals surface area contributed by atoms with Crippen LogP contribution in [0.5, 0.6) is 0 Å². The van der Waals surface area contributed by atoms with Crippen LogP contribution in [0.25, 0.3) is 0 Å². The highest BCUT2D eigenvalue weighted by Crippen LogP contribution is 2.38. The third kappa shape index (κ3) is 48.6. The number of phosphoric acid groups is 1. The molecule has 0 aliphatic heterocycles. The second-order valence-electron chi connectivity index (χ2n) is 19.9. The van der Waals surface area contributed by atoms with E-state index in [2.05, 4.69) is 43.5 Å². The van der Waals surface area contributed by atoms with Gasteiger partial charge in [-0.25, -0.2) is 0 Å². The van der Waals surface area contributed by atoms with Crippen LogP contribution in [0.2, 0.25) is 0 Å². The van der Waals surface area contributed by atoms with E-state index in [1.165, 1.54) is 199 Å². The number of hydrogen-bond acceptors (Lipinski definition) is 6. The Kier molecular flexibility index (Phi) is 45.9. The van der Waals surface area contributed by atoms with Gasteiger partial charge in [0.05, 0.1) is 39.9 Å². The van der Waals surface area contributed by atoms with Crippen molar-refractivity contribution in [1.29, 1.82) is 0 Å². The van der Waals surface area contributed by atoms with Crippen LogP contribution < -0.4 is 10.2 Å². The maximum absolute atomic E-state index is 12.9. The van der Waals surface area contributed by atoms with Crippen LogP contribution in [0.4, 0.5) is 0 Å². The SMILES string of the molecule is CCCCCCCCCCCC/C=C/CC/C=C/C(O)C(COP(=O)([O-])OCC[N+](C)(C)C)NC(=O)CCCCCCCCCCCC/C=C\CCCCCCCCCCCCCC. The highest BCUT2D eigenvalue weighted by molar-refractivity contribution is 7.45. The van der Waals surface area contributed by atoms with Crippen molar-refractivity contribution in [2.24, 2.45) is 0 Å². The molecule has 378 valence electrons. The lowest BCUT2D eigenvalue weighted by atomic mass is 10.0. The standard InChI is InChI=1S/C55H107N2O6P/c1-6-8-10-12-14-16-18-20-22-24-25-26-27-28-29-30-31-32-33-35-37-39-41-43-45-47-49-55(59)56-53(52-63-64(60,61)62-51-50-57(3,4)5)54(58)48-46-44-42-40-38-36-34-23-21-19-17-15-13-11-9-7-2/h28-29,38,40,46,48,53-54,58H,6-27,30-37,39,41-45,47,49-52H2,1-5H3,(H-,56,59,60,61)/b29-28-,40-38+,48-46+. The molecule has 0 aromatic carbocycles. The van der Waals surface area contributed by atoms with E-state index in [4.69, 9.17) is 9.05 Å². The van der Waals surface area contributed by atoms with Crippen molar-refractivity contribution in [1.82, 2.24) is 5.32 Å². The molecule has 1 amide bonds. The number of quaternary nitrogens is 1. The second-order valence-corrected chi connectivity index (χ2v) is 21.3. The zero-order valence-corrected chi connectivity index (χ0v) is 43.9. The smallest absolute Gasteiger partial charge is 0.268 e. The molecule has 9 heteroatoms. The molecule has 0 heterocycles. The molecule has 64 heavy (non-hydrogen) atoms. The average molecular weight is 923 g/mol. The number of hydrogen-bond donors (Lipinski definition) is 2. The number of unbranched alkanes of at least 4 members (excludes halogenated alkanes) is 33. The summed E-state index contributed by atoms with van der Waals surface area (Å²) in [5, 5.41) is 13.8. The average Bonchev–Trinajstić information content (AvgIpc) is 3.25. The highest BCUT2D eigenvalue weighted by atomic mass is 31.2. The Balaban J connectivity index is 4.22. The molecule has 0 aliphatic carbocycles. The number of rotatable bonds is 50. The summed E-state index contributed by atoms with van der Waals surface area (Å²) in [5.74, 6) is -0.207. The Hall–Kier alpha value is -1.28. The largest absolute Gasteiger partial charge is 0.756 e. The van der Waals surface area contributed by atoms with E-state index in [0.717, 1.165) is 38.5 Å². The van der Waals surface area contributed by atoms with Gasteiger partial charge in [-0.1, -0.05) is 230 Å². The van der Waals surface area contributed by atoms with Gasteiger partial charge in [-0.15, -0.1) is 0 Å². The van der Waals surface area contributed by atoms with Crippen molar-refractivity contribution in [3.05, 3.63) is 36.5 Å². The van der Waals surface area contributed by atoms with Crippen LogP contribution in [0.3, 0.4) is 0 Å². The van der Waals surface area contributed by atoms with Crippen molar-refractivity contribution in [3.63, 3.8) is 0 Å². The van der Waals surface area contributed by atoms with Crippen LogP contribution in [-0.4, -0.2) is 68.5 Å². The van der Waals surface area contributed by atoms with E-state index in [1.807, 2.05) is 27.2 Å². The summed E-state index contributed by atoms with van der Waals surface area (Å²) in [6, 6.07) is -0.903. The van der Waals surface area contributed by atoms with Crippen molar-refractivity contribution in [2.45, 2.75) is 270 Å². The predicted octanol–water partition coefficient (Wildman–Crippen LogP) is 15.6. The maximum Gasteiger partial charge on any atom is 0.268 e. The number of nitrogens with zero attached hydrogens (tertiary/aromatic N) is 1. The third-order valence-electron chi connectivity index (χ3n) is 12.3. The van der Waals surface area contributed by atoms with E-state index in [0.29, 0.717) is 17.4 Å². The first-order valence-corrected chi connectivity index (χ1v) is 28.8. The molecular weight excluding hydrogens is 816 g/mol. The molecule has 3 unspecified atom stereocenters. The summed E-state index contributed by atoms with van der Waals surface area (Å²) < 4.78 is 23.3. The van der Waals surface area contributed by atoms with Gasteiger partial charge in [0, 0.05) is 6.42 Å². The van der Waals surface area contributed by atoms with Crippen LogP contribution >= 0.6 is 7.82 Å². The molecule has 0 rings (SSSR count). The van der Waals surface area contributed by atoms with Gasteiger partial charge in [0.25, 0.3) is 7.82 Å². The van der Waals surface area contributed by atoms with E-state index >= 15 is 0 Å². The lowest BCUT2D eigenvalue weighted by molar-refractivity contribution is -0.870. The van der Waals surface area contributed by atoms with Crippen molar-refractivity contribution >= 4 is 13.7 Å². The zero-order valence-electron chi connectivity index (χ0n) is 43.0. The Morgan fingerprint density at radius 1 is 0.531 bits per heavy atom. The molecule has 0 fully saturated rings. The van der Waals surface area contributed by atoms with Crippen molar-refractivity contribution in [3.8, 4) is 0 Å². The molecule has 0 spiro atoms. The first-order chi connectivity index (χ1) is 31.0. The molecule has 0 aromatic heterocycles. The number of nitrogens with one attached hydrogen (secondary N) is 1. The normalized spacial score (nSPS) is 14.3. The lowest BCUT2D eigenvalue weighted by Gasteiger charge is -2.29. The Morgan fingerprint density at radius 3 is 1.27 bits per heavy atom. The summed E-state index contributed by atoms with van der Waals surface area (Å²) in [6.07, 6.45) is 59.3. The quantitative estimate of drug-likeness (QED) is 0.0272. The summed E-state index contributed by atoms with van der Waals surface area (Å²) in [4.78, 5) is 25.4.